The molecule has 1 aliphatic heterocycles. The van der Waals surface area contributed by atoms with E-state index in [1.807, 2.05) is 24.3 Å². The van der Waals surface area contributed by atoms with Gasteiger partial charge >= 0.3 is 11.9 Å². The Morgan fingerprint density at radius 2 is 1.41 bits per heavy atom. The number of ether oxygens (including phenoxy) is 2. The van der Waals surface area contributed by atoms with Crippen LogP contribution in [0.15, 0.2) is 54.6 Å². The smallest absolute Gasteiger partial charge is 0.414 e. The molecule has 0 aliphatic carbocycles. The topological polar surface area (TPSA) is 99.5 Å². The molecule has 0 aromatic heterocycles. The Labute approximate surface area is 188 Å². The van der Waals surface area contributed by atoms with Crippen molar-refractivity contribution < 1.29 is 29.3 Å². The lowest BCUT2D eigenvalue weighted by molar-refractivity contribution is -0.159. The third-order valence-electron chi connectivity index (χ3n) is 4.69. The van der Waals surface area contributed by atoms with Crippen molar-refractivity contribution in [3.05, 3.63) is 60.2 Å². The normalized spacial score (nSPS) is 13.7. The Bertz CT molecular complexity index is 903. The van der Waals surface area contributed by atoms with Crippen molar-refractivity contribution >= 4 is 11.9 Å². The van der Waals surface area contributed by atoms with Gasteiger partial charge in [-0.2, -0.15) is 0 Å². The van der Waals surface area contributed by atoms with Gasteiger partial charge in [-0.1, -0.05) is 54.3 Å². The number of rotatable bonds is 6. The molecular weight excluding hydrogens is 412 g/mol. The SMILES string of the molecule is COc1ccccc1OCC#CCN1CCN(Cc2ccccc2)CC1.O=C(O)C(=O)O. The maximum absolute atomic E-state index is 9.10. The number of aliphatic carboxylic acids is 2. The molecule has 0 amide bonds. The number of para-hydroxylation sites is 2. The van der Waals surface area contributed by atoms with Crippen LogP contribution in [0.2, 0.25) is 0 Å². The standard InChI is InChI=1S/C22H26N2O2.C2H2O4/c1-25-21-11-5-6-12-22(21)26-18-8-7-13-23-14-16-24(17-15-23)19-20-9-3-2-4-10-20;3-1(4)2(5)6/h2-6,9-12H,13-19H2,1H3;(H,3,4)(H,5,6). The molecule has 1 fully saturated rings. The highest BCUT2D eigenvalue weighted by Gasteiger charge is 2.15. The summed E-state index contributed by atoms with van der Waals surface area (Å²) in [6, 6.07) is 18.3. The highest BCUT2D eigenvalue weighted by Crippen LogP contribution is 2.25. The second-order valence-electron chi connectivity index (χ2n) is 6.94. The zero-order valence-corrected chi connectivity index (χ0v) is 18.1. The van der Waals surface area contributed by atoms with Crippen molar-refractivity contribution in [2.24, 2.45) is 0 Å². The zero-order chi connectivity index (χ0) is 23.2. The van der Waals surface area contributed by atoms with E-state index in [4.69, 9.17) is 29.3 Å². The molecule has 0 radical (unpaired) electrons. The summed E-state index contributed by atoms with van der Waals surface area (Å²) in [5, 5.41) is 14.8. The summed E-state index contributed by atoms with van der Waals surface area (Å²) < 4.78 is 10.9. The fraction of sp³-hybridized carbons (Fsp3) is 0.333. The average molecular weight is 440 g/mol. The molecular formula is C24H28N2O6. The van der Waals surface area contributed by atoms with Crippen molar-refractivity contribution in [2.45, 2.75) is 6.54 Å². The lowest BCUT2D eigenvalue weighted by Crippen LogP contribution is -2.45. The van der Waals surface area contributed by atoms with Crippen molar-refractivity contribution in [2.75, 3.05) is 46.4 Å². The van der Waals surface area contributed by atoms with Gasteiger partial charge in [-0.15, -0.1) is 0 Å². The van der Waals surface area contributed by atoms with Gasteiger partial charge in [0.15, 0.2) is 11.5 Å². The number of carboxylic acid groups (broad SMARTS) is 2. The molecule has 170 valence electrons. The van der Waals surface area contributed by atoms with Crippen LogP contribution in [-0.4, -0.2) is 78.4 Å². The van der Waals surface area contributed by atoms with E-state index in [-0.39, 0.29) is 0 Å². The number of hydrogen-bond donors (Lipinski definition) is 2. The number of carbonyl (C=O) groups is 2. The van der Waals surface area contributed by atoms with Crippen LogP contribution < -0.4 is 9.47 Å². The fourth-order valence-electron chi connectivity index (χ4n) is 3.02. The predicted octanol–water partition coefficient (Wildman–Crippen LogP) is 2.05. The summed E-state index contributed by atoms with van der Waals surface area (Å²) >= 11 is 0. The lowest BCUT2D eigenvalue weighted by atomic mass is 10.2. The maximum atomic E-state index is 9.10. The number of benzene rings is 2. The first-order chi connectivity index (χ1) is 15.5. The van der Waals surface area contributed by atoms with Gasteiger partial charge in [-0.05, 0) is 17.7 Å². The van der Waals surface area contributed by atoms with Gasteiger partial charge in [0.2, 0.25) is 0 Å². The fourth-order valence-corrected chi connectivity index (χ4v) is 3.02. The van der Waals surface area contributed by atoms with E-state index in [1.165, 1.54) is 5.56 Å². The summed E-state index contributed by atoms with van der Waals surface area (Å²) in [6.45, 7) is 6.53. The first-order valence-corrected chi connectivity index (χ1v) is 10.2. The lowest BCUT2D eigenvalue weighted by Gasteiger charge is -2.33. The molecule has 1 saturated heterocycles. The summed E-state index contributed by atoms with van der Waals surface area (Å²) in [5.74, 6) is 4.15. The van der Waals surface area contributed by atoms with Crippen LogP contribution >= 0.6 is 0 Å². The Morgan fingerprint density at radius 1 is 0.844 bits per heavy atom. The van der Waals surface area contributed by atoms with E-state index in [9.17, 15) is 0 Å². The van der Waals surface area contributed by atoms with Crippen molar-refractivity contribution in [3.63, 3.8) is 0 Å². The number of nitrogens with zero attached hydrogens (tertiary/aromatic N) is 2. The van der Waals surface area contributed by atoms with Crippen molar-refractivity contribution in [3.8, 4) is 23.3 Å². The molecule has 1 aliphatic rings. The maximum Gasteiger partial charge on any atom is 0.414 e. The number of carboxylic acids is 2. The molecule has 0 bridgehead atoms. The Morgan fingerprint density at radius 3 is 2.00 bits per heavy atom. The third-order valence-corrected chi connectivity index (χ3v) is 4.69. The number of methoxy groups -OCH3 is 1. The Hall–Kier alpha value is -3.54. The van der Waals surface area contributed by atoms with E-state index in [2.05, 4.69) is 52.0 Å². The van der Waals surface area contributed by atoms with Gasteiger partial charge in [0.05, 0.1) is 13.7 Å². The molecule has 32 heavy (non-hydrogen) atoms. The van der Waals surface area contributed by atoms with Crippen molar-refractivity contribution in [1.29, 1.82) is 0 Å². The molecule has 1 heterocycles. The van der Waals surface area contributed by atoms with Gasteiger partial charge in [-0.3, -0.25) is 9.80 Å². The van der Waals surface area contributed by atoms with Crippen molar-refractivity contribution in [1.82, 2.24) is 9.80 Å². The van der Waals surface area contributed by atoms with Crippen LogP contribution in [0.3, 0.4) is 0 Å². The van der Waals surface area contributed by atoms with Crippen LogP contribution in [0.4, 0.5) is 0 Å². The van der Waals surface area contributed by atoms with E-state index < -0.39 is 11.9 Å². The summed E-state index contributed by atoms with van der Waals surface area (Å²) in [5.41, 5.74) is 1.38. The molecule has 0 unspecified atom stereocenters. The van der Waals surface area contributed by atoms with Gasteiger partial charge in [0.1, 0.15) is 6.61 Å². The summed E-state index contributed by atoms with van der Waals surface area (Å²) in [7, 11) is 1.64. The second-order valence-corrected chi connectivity index (χ2v) is 6.94. The second kappa shape index (κ2) is 13.7. The van der Waals surface area contributed by atoms with Crippen LogP contribution in [-0.2, 0) is 16.1 Å². The van der Waals surface area contributed by atoms with E-state index in [0.29, 0.717) is 6.61 Å². The van der Waals surface area contributed by atoms with E-state index >= 15 is 0 Å². The molecule has 8 nitrogen and oxygen atoms in total. The number of piperazine rings is 1. The third kappa shape index (κ3) is 9.08. The number of hydrogen-bond acceptors (Lipinski definition) is 6. The van der Waals surface area contributed by atoms with Gasteiger partial charge in [0.25, 0.3) is 0 Å². The highest BCUT2D eigenvalue weighted by molar-refractivity contribution is 6.27. The first kappa shape index (κ1) is 24.7. The van der Waals surface area contributed by atoms with Gasteiger partial charge in [-0.25, -0.2) is 9.59 Å². The minimum Gasteiger partial charge on any atom is -0.493 e. The predicted molar refractivity (Wildman–Crippen MR) is 120 cm³/mol. The minimum absolute atomic E-state index is 0.383. The Balaban J connectivity index is 0.000000534. The molecule has 0 spiro atoms. The molecule has 8 heteroatoms. The molecule has 2 aromatic carbocycles. The van der Waals surface area contributed by atoms with Crippen LogP contribution in [0.5, 0.6) is 11.5 Å². The summed E-state index contributed by atoms with van der Waals surface area (Å²) in [4.78, 5) is 23.1. The summed E-state index contributed by atoms with van der Waals surface area (Å²) in [6.07, 6.45) is 0. The molecule has 2 aromatic rings. The van der Waals surface area contributed by atoms with Crippen LogP contribution in [0.1, 0.15) is 5.56 Å². The minimum atomic E-state index is -1.82. The monoisotopic (exact) mass is 440 g/mol. The highest BCUT2D eigenvalue weighted by atomic mass is 16.5. The Kier molecular flexibility index (Phi) is 10.6. The molecule has 0 saturated carbocycles. The quantitative estimate of drug-likeness (QED) is 0.520. The first-order valence-electron chi connectivity index (χ1n) is 10.2. The van der Waals surface area contributed by atoms with Gasteiger partial charge in [0, 0.05) is 32.7 Å². The molecule has 0 atom stereocenters. The van der Waals surface area contributed by atoms with E-state index in [0.717, 1.165) is 50.8 Å². The molecule has 2 N–H and O–H groups in total. The average Bonchev–Trinajstić information content (AvgIpc) is 2.81. The van der Waals surface area contributed by atoms with Crippen LogP contribution in [0.25, 0.3) is 0 Å². The van der Waals surface area contributed by atoms with Gasteiger partial charge < -0.3 is 19.7 Å². The molecule has 3 rings (SSSR count). The largest absolute Gasteiger partial charge is 0.493 e. The van der Waals surface area contributed by atoms with Crippen LogP contribution in [0, 0.1) is 11.8 Å². The van der Waals surface area contributed by atoms with E-state index in [1.54, 1.807) is 7.11 Å². The zero-order valence-electron chi connectivity index (χ0n) is 18.1.